The summed E-state index contributed by atoms with van der Waals surface area (Å²) in [6, 6.07) is 5.56. The Morgan fingerprint density at radius 1 is 1.30 bits per heavy atom. The van der Waals surface area contributed by atoms with Gasteiger partial charge in [0.05, 0.1) is 0 Å². The maximum absolute atomic E-state index is 12.1. The van der Waals surface area contributed by atoms with Gasteiger partial charge in [-0.15, -0.1) is 11.3 Å². The number of pyridine rings is 1. The zero-order chi connectivity index (χ0) is 14.8. The van der Waals surface area contributed by atoms with Crippen LogP contribution in [0.4, 0.5) is 0 Å². The molecule has 2 N–H and O–H groups in total. The van der Waals surface area contributed by atoms with Crippen LogP contribution in [0.5, 0.6) is 0 Å². The zero-order valence-electron chi connectivity index (χ0n) is 10.5. The van der Waals surface area contributed by atoms with E-state index in [0.717, 1.165) is 16.9 Å². The smallest absolute Gasteiger partial charge is 0.345 e. The van der Waals surface area contributed by atoms with Crippen molar-refractivity contribution < 1.29 is 18.3 Å². The molecule has 0 amide bonds. The summed E-state index contributed by atoms with van der Waals surface area (Å²) in [5.74, 6) is -1.14. The second-order valence-corrected chi connectivity index (χ2v) is 7.07. The van der Waals surface area contributed by atoms with Crippen molar-refractivity contribution in [1.82, 2.24) is 9.71 Å². The van der Waals surface area contributed by atoms with Crippen LogP contribution >= 0.6 is 11.3 Å². The first-order chi connectivity index (χ1) is 9.40. The van der Waals surface area contributed by atoms with E-state index in [-0.39, 0.29) is 9.09 Å². The highest BCUT2D eigenvalue weighted by Gasteiger charge is 2.21. The molecule has 106 valence electrons. The Morgan fingerprint density at radius 2 is 1.95 bits per heavy atom. The number of carboxylic acids is 1. The summed E-state index contributed by atoms with van der Waals surface area (Å²) in [4.78, 5) is 14.6. The number of hydrogen-bond donors (Lipinski definition) is 2. The molecule has 2 aromatic heterocycles. The molecule has 0 unspecified atom stereocenters. The molecule has 6 nitrogen and oxygen atoms in total. The molecule has 0 fully saturated rings. The quantitative estimate of drug-likeness (QED) is 0.878. The van der Waals surface area contributed by atoms with Crippen molar-refractivity contribution in [2.24, 2.45) is 0 Å². The average Bonchev–Trinajstić information content (AvgIpc) is 2.90. The number of rotatable bonds is 5. The van der Waals surface area contributed by atoms with Crippen LogP contribution in [0.15, 0.2) is 40.9 Å². The van der Waals surface area contributed by atoms with Crippen LogP contribution in [0.1, 0.15) is 28.2 Å². The van der Waals surface area contributed by atoms with Gasteiger partial charge in [0.1, 0.15) is 9.09 Å². The minimum atomic E-state index is -3.74. The number of hydrogen-bond acceptors (Lipinski definition) is 5. The van der Waals surface area contributed by atoms with E-state index in [1.807, 2.05) is 0 Å². The lowest BCUT2D eigenvalue weighted by Crippen LogP contribution is -2.26. The molecule has 2 aromatic rings. The van der Waals surface area contributed by atoms with Crippen molar-refractivity contribution in [2.45, 2.75) is 17.2 Å². The number of nitrogens with zero attached hydrogens (tertiary/aromatic N) is 1. The van der Waals surface area contributed by atoms with Gasteiger partial charge in [-0.3, -0.25) is 4.98 Å². The van der Waals surface area contributed by atoms with Gasteiger partial charge in [-0.25, -0.2) is 17.9 Å². The number of aromatic carboxylic acids is 1. The second kappa shape index (κ2) is 5.70. The molecule has 1 atom stereocenters. The molecule has 20 heavy (non-hydrogen) atoms. The molecule has 2 rings (SSSR count). The van der Waals surface area contributed by atoms with Crippen LogP contribution in [0.2, 0.25) is 0 Å². The predicted octanol–water partition coefficient (Wildman–Crippen LogP) is 1.88. The van der Waals surface area contributed by atoms with Crippen molar-refractivity contribution in [3.63, 3.8) is 0 Å². The first kappa shape index (κ1) is 14.6. The maximum atomic E-state index is 12.1. The molecule has 0 spiro atoms. The van der Waals surface area contributed by atoms with Crippen LogP contribution in [0.25, 0.3) is 0 Å². The van der Waals surface area contributed by atoms with Crippen molar-refractivity contribution in [2.75, 3.05) is 0 Å². The van der Waals surface area contributed by atoms with Gasteiger partial charge in [-0.05, 0) is 36.8 Å². The van der Waals surface area contributed by atoms with E-state index >= 15 is 0 Å². The Labute approximate surface area is 120 Å². The Kier molecular flexibility index (Phi) is 4.17. The molecular formula is C12H12N2O4S2. The summed E-state index contributed by atoms with van der Waals surface area (Å²) in [6.45, 7) is 1.71. The van der Waals surface area contributed by atoms with Crippen LogP contribution in [0, 0.1) is 0 Å². The molecule has 0 aliphatic rings. The van der Waals surface area contributed by atoms with E-state index in [1.165, 1.54) is 12.1 Å². The fourth-order valence-corrected chi connectivity index (χ4v) is 3.98. The second-order valence-electron chi connectivity index (χ2n) is 4.05. The van der Waals surface area contributed by atoms with E-state index in [2.05, 4.69) is 9.71 Å². The molecule has 0 saturated carbocycles. The summed E-state index contributed by atoms with van der Waals surface area (Å²) >= 11 is 0.723. The van der Waals surface area contributed by atoms with E-state index in [9.17, 15) is 13.2 Å². The fraction of sp³-hybridized carbons (Fsp3) is 0.167. The van der Waals surface area contributed by atoms with Crippen molar-refractivity contribution in [3.05, 3.63) is 47.1 Å². The van der Waals surface area contributed by atoms with Gasteiger partial charge in [-0.1, -0.05) is 0 Å². The lowest BCUT2D eigenvalue weighted by atomic mass is 10.1. The standard InChI is InChI=1S/C12H12N2O4S2/c1-8(9-4-6-13-7-5-9)14-20(17,18)11-3-2-10(19-11)12(15)16/h2-8,14H,1H3,(H,15,16)/t8-/m1/s1. The average molecular weight is 312 g/mol. The molecule has 0 radical (unpaired) electrons. The van der Waals surface area contributed by atoms with Crippen LogP contribution in [0.3, 0.4) is 0 Å². The van der Waals surface area contributed by atoms with Gasteiger partial charge in [0.25, 0.3) is 10.0 Å². The van der Waals surface area contributed by atoms with Crippen LogP contribution < -0.4 is 4.72 Å². The van der Waals surface area contributed by atoms with E-state index in [1.54, 1.807) is 31.5 Å². The normalized spacial score (nSPS) is 13.1. The monoisotopic (exact) mass is 312 g/mol. The Morgan fingerprint density at radius 3 is 2.50 bits per heavy atom. The third-order valence-electron chi connectivity index (χ3n) is 2.60. The van der Waals surface area contributed by atoms with Gasteiger partial charge in [0, 0.05) is 18.4 Å². The lowest BCUT2D eigenvalue weighted by Gasteiger charge is -2.13. The third-order valence-corrected chi connectivity index (χ3v) is 5.70. The number of sulfonamides is 1. The lowest BCUT2D eigenvalue weighted by molar-refractivity contribution is 0.0702. The molecule has 8 heteroatoms. The summed E-state index contributed by atoms with van der Waals surface area (Å²) < 4.78 is 26.8. The van der Waals surface area contributed by atoms with E-state index in [4.69, 9.17) is 5.11 Å². The molecule has 0 saturated heterocycles. The van der Waals surface area contributed by atoms with Gasteiger partial charge >= 0.3 is 5.97 Å². The van der Waals surface area contributed by atoms with E-state index < -0.39 is 22.0 Å². The summed E-state index contributed by atoms with van der Waals surface area (Å²) in [5.41, 5.74) is 0.776. The SMILES string of the molecule is C[C@@H](NS(=O)(=O)c1ccc(C(=O)O)s1)c1ccncc1. The number of nitrogens with one attached hydrogen (secondary N) is 1. The highest BCUT2D eigenvalue weighted by molar-refractivity contribution is 7.91. The summed E-state index contributed by atoms with van der Waals surface area (Å²) in [6.07, 6.45) is 3.15. The van der Waals surface area contributed by atoms with Crippen molar-refractivity contribution >= 4 is 27.3 Å². The van der Waals surface area contributed by atoms with Gasteiger partial charge in [0.2, 0.25) is 0 Å². The first-order valence-corrected chi connectivity index (χ1v) is 7.95. The molecular weight excluding hydrogens is 300 g/mol. The molecule has 0 bridgehead atoms. The topological polar surface area (TPSA) is 96.4 Å². The molecule has 0 aliphatic heterocycles. The zero-order valence-corrected chi connectivity index (χ0v) is 12.1. The minimum absolute atomic E-state index is 0.0121. The number of carbonyl (C=O) groups is 1. The number of carboxylic acid groups (broad SMARTS) is 1. The van der Waals surface area contributed by atoms with Gasteiger partial charge < -0.3 is 5.11 Å². The van der Waals surface area contributed by atoms with Crippen molar-refractivity contribution in [1.29, 1.82) is 0 Å². The van der Waals surface area contributed by atoms with Gasteiger partial charge in [0.15, 0.2) is 0 Å². The van der Waals surface area contributed by atoms with Crippen LogP contribution in [-0.4, -0.2) is 24.5 Å². The van der Waals surface area contributed by atoms with Gasteiger partial charge in [-0.2, -0.15) is 0 Å². The maximum Gasteiger partial charge on any atom is 0.345 e. The third kappa shape index (κ3) is 3.21. The minimum Gasteiger partial charge on any atom is -0.477 e. The summed E-state index contributed by atoms with van der Waals surface area (Å²) in [7, 11) is -3.74. The summed E-state index contributed by atoms with van der Waals surface area (Å²) in [5, 5.41) is 8.81. The highest BCUT2D eigenvalue weighted by Crippen LogP contribution is 2.23. The van der Waals surface area contributed by atoms with Crippen LogP contribution in [-0.2, 0) is 10.0 Å². The fourth-order valence-electron chi connectivity index (χ4n) is 1.59. The molecule has 2 heterocycles. The largest absolute Gasteiger partial charge is 0.477 e. The Balaban J connectivity index is 2.20. The number of aromatic nitrogens is 1. The highest BCUT2D eigenvalue weighted by atomic mass is 32.2. The predicted molar refractivity (Wildman–Crippen MR) is 74.3 cm³/mol. The molecule has 0 aliphatic carbocycles. The number of thiophene rings is 1. The first-order valence-electron chi connectivity index (χ1n) is 5.65. The Bertz CT molecular complexity index is 710. The molecule has 0 aromatic carbocycles. The Hall–Kier alpha value is -1.77. The van der Waals surface area contributed by atoms with E-state index in [0.29, 0.717) is 0 Å². The van der Waals surface area contributed by atoms with Crippen molar-refractivity contribution in [3.8, 4) is 0 Å².